The third-order valence-electron chi connectivity index (χ3n) is 6.16. The van der Waals surface area contributed by atoms with E-state index in [1.807, 2.05) is 12.3 Å². The molecule has 0 N–H and O–H groups in total. The van der Waals surface area contributed by atoms with Gasteiger partial charge in [0.15, 0.2) is 0 Å². The molecule has 0 saturated carbocycles. The van der Waals surface area contributed by atoms with E-state index in [1.165, 1.54) is 27.9 Å². The summed E-state index contributed by atoms with van der Waals surface area (Å²) in [5.41, 5.74) is 7.41. The van der Waals surface area contributed by atoms with E-state index in [1.54, 1.807) is 0 Å². The highest BCUT2D eigenvalue weighted by Crippen LogP contribution is 2.36. The molecule has 0 aliphatic carbocycles. The maximum atomic E-state index is 4.78. The van der Waals surface area contributed by atoms with Crippen molar-refractivity contribution in [3.05, 3.63) is 77.6 Å². The van der Waals surface area contributed by atoms with Crippen LogP contribution in [-0.4, -0.2) is 9.55 Å². The molecule has 1 heterocycles. The van der Waals surface area contributed by atoms with Gasteiger partial charge in [-0.3, -0.25) is 4.57 Å². The van der Waals surface area contributed by atoms with Gasteiger partial charge in [-0.1, -0.05) is 64.6 Å². The van der Waals surface area contributed by atoms with Crippen molar-refractivity contribution in [3.63, 3.8) is 0 Å². The fraction of sp³-hybridized carbons (Fsp3) is 0.346. The highest BCUT2D eigenvalue weighted by atomic mass is 15.1. The van der Waals surface area contributed by atoms with Crippen molar-refractivity contribution in [1.82, 2.24) is 9.55 Å². The van der Waals surface area contributed by atoms with E-state index >= 15 is 0 Å². The Bertz CT molecular complexity index is 955. The van der Waals surface area contributed by atoms with Gasteiger partial charge in [-0.25, -0.2) is 4.98 Å². The van der Waals surface area contributed by atoms with Crippen molar-refractivity contribution < 1.29 is 0 Å². The van der Waals surface area contributed by atoms with E-state index in [9.17, 15) is 0 Å². The zero-order chi connectivity index (χ0) is 20.4. The molecule has 28 heavy (non-hydrogen) atoms. The smallest absolute Gasteiger partial charge is 0.144 e. The minimum Gasteiger partial charge on any atom is -0.299 e. The highest BCUT2D eigenvalue weighted by molar-refractivity contribution is 5.66. The van der Waals surface area contributed by atoms with Crippen LogP contribution in [-0.2, 0) is 0 Å². The average molecular weight is 373 g/mol. The predicted octanol–water partition coefficient (Wildman–Crippen LogP) is 7.19. The number of aromatic nitrogens is 2. The second-order valence-corrected chi connectivity index (χ2v) is 8.31. The molecule has 1 unspecified atom stereocenters. The Morgan fingerprint density at radius 1 is 1.00 bits per heavy atom. The Morgan fingerprint density at radius 2 is 1.64 bits per heavy atom. The summed E-state index contributed by atoms with van der Waals surface area (Å²) < 4.78 is 2.24. The first-order valence-electron chi connectivity index (χ1n) is 10.2. The largest absolute Gasteiger partial charge is 0.299 e. The lowest BCUT2D eigenvalue weighted by atomic mass is 9.80. The van der Waals surface area contributed by atoms with Gasteiger partial charge in [-0.15, -0.1) is 0 Å². The maximum Gasteiger partial charge on any atom is 0.144 e. The Labute approximate surface area is 170 Å². The fourth-order valence-electron chi connectivity index (χ4n) is 4.13. The van der Waals surface area contributed by atoms with E-state index in [4.69, 9.17) is 4.98 Å². The van der Waals surface area contributed by atoms with Gasteiger partial charge < -0.3 is 0 Å². The number of hydrogen-bond donors (Lipinski definition) is 0. The lowest BCUT2D eigenvalue weighted by Gasteiger charge is -2.26. The first-order valence-corrected chi connectivity index (χ1v) is 10.2. The van der Waals surface area contributed by atoms with Crippen LogP contribution in [0.3, 0.4) is 0 Å². The molecule has 0 bridgehead atoms. The van der Waals surface area contributed by atoms with Crippen molar-refractivity contribution in [3.8, 4) is 17.1 Å². The summed E-state index contributed by atoms with van der Waals surface area (Å²) in [6.07, 6.45) is 5.89. The second-order valence-electron chi connectivity index (χ2n) is 8.31. The summed E-state index contributed by atoms with van der Waals surface area (Å²) in [5.74, 6) is 2.71. The zero-order valence-corrected chi connectivity index (χ0v) is 18.0. The summed E-state index contributed by atoms with van der Waals surface area (Å²) in [7, 11) is 0. The van der Waals surface area contributed by atoms with Gasteiger partial charge in [-0.05, 0) is 66.0 Å². The molecular formula is C26H32N2. The predicted molar refractivity (Wildman–Crippen MR) is 121 cm³/mol. The van der Waals surface area contributed by atoms with E-state index in [2.05, 4.69) is 95.3 Å². The lowest BCUT2D eigenvalue weighted by molar-refractivity contribution is 0.363. The van der Waals surface area contributed by atoms with Crippen molar-refractivity contribution in [2.75, 3.05) is 0 Å². The normalized spacial score (nSPS) is 13.5. The number of nitrogens with zero attached hydrogens (tertiary/aromatic N) is 2. The van der Waals surface area contributed by atoms with Crippen LogP contribution in [0.15, 0.2) is 55.4 Å². The monoisotopic (exact) mass is 372 g/mol. The molecule has 2 atom stereocenters. The Kier molecular flexibility index (Phi) is 5.88. The molecule has 0 radical (unpaired) electrons. The number of benzene rings is 2. The first-order chi connectivity index (χ1) is 13.3. The quantitative estimate of drug-likeness (QED) is 0.447. The number of imidazole rings is 1. The Morgan fingerprint density at radius 3 is 2.25 bits per heavy atom. The summed E-state index contributed by atoms with van der Waals surface area (Å²) in [6.45, 7) is 17.5. The standard InChI is InChI=1S/C26H32N2/c1-8-22-15-18(4)25(19(5)16-22)28-14-13-27-26(28)24-12-10-9-11-23(24)21(7)20(6)17(2)3/h8-17,20-21H,1H2,2-7H3/t20-,21?/m0/s1. The zero-order valence-electron chi connectivity index (χ0n) is 18.0. The molecule has 146 valence electrons. The van der Waals surface area contributed by atoms with Crippen LogP contribution in [0.5, 0.6) is 0 Å². The van der Waals surface area contributed by atoms with Crippen LogP contribution in [0.4, 0.5) is 0 Å². The molecular weight excluding hydrogens is 340 g/mol. The third kappa shape index (κ3) is 3.69. The summed E-state index contributed by atoms with van der Waals surface area (Å²) >= 11 is 0. The van der Waals surface area contributed by atoms with Gasteiger partial charge in [0.05, 0.1) is 5.69 Å². The molecule has 0 fully saturated rings. The topological polar surface area (TPSA) is 17.8 Å². The average Bonchev–Trinajstić information content (AvgIpc) is 3.15. The Hall–Kier alpha value is -2.61. The van der Waals surface area contributed by atoms with Gasteiger partial charge in [0.2, 0.25) is 0 Å². The van der Waals surface area contributed by atoms with Crippen molar-refractivity contribution in [2.45, 2.75) is 47.5 Å². The summed E-state index contributed by atoms with van der Waals surface area (Å²) in [4.78, 5) is 4.78. The SMILES string of the molecule is C=Cc1cc(C)c(-n2ccnc2-c2ccccc2C(C)[C@@H](C)C(C)C)c(C)c1. The molecule has 0 aliphatic heterocycles. The molecule has 2 aromatic carbocycles. The number of aryl methyl sites for hydroxylation is 2. The van der Waals surface area contributed by atoms with Gasteiger partial charge in [0.25, 0.3) is 0 Å². The fourth-order valence-corrected chi connectivity index (χ4v) is 4.13. The van der Waals surface area contributed by atoms with Crippen LogP contribution in [0.1, 0.15) is 55.9 Å². The first kappa shape index (κ1) is 20.1. The summed E-state index contributed by atoms with van der Waals surface area (Å²) in [6, 6.07) is 13.1. The van der Waals surface area contributed by atoms with Gasteiger partial charge in [0, 0.05) is 18.0 Å². The van der Waals surface area contributed by atoms with Gasteiger partial charge in [0.1, 0.15) is 5.82 Å². The van der Waals surface area contributed by atoms with Crippen LogP contribution in [0.2, 0.25) is 0 Å². The lowest BCUT2D eigenvalue weighted by Crippen LogP contribution is -2.14. The number of rotatable bonds is 6. The molecule has 1 aromatic heterocycles. The van der Waals surface area contributed by atoms with E-state index in [-0.39, 0.29) is 0 Å². The molecule has 3 aromatic rings. The maximum absolute atomic E-state index is 4.78. The van der Waals surface area contributed by atoms with Crippen molar-refractivity contribution >= 4 is 6.08 Å². The minimum atomic E-state index is 0.465. The molecule has 0 saturated heterocycles. The molecule has 0 spiro atoms. The summed E-state index contributed by atoms with van der Waals surface area (Å²) in [5, 5.41) is 0. The minimum absolute atomic E-state index is 0.465. The van der Waals surface area contributed by atoms with Crippen LogP contribution in [0, 0.1) is 25.7 Å². The van der Waals surface area contributed by atoms with Crippen LogP contribution >= 0.6 is 0 Å². The van der Waals surface area contributed by atoms with E-state index in [0.717, 1.165) is 11.4 Å². The highest BCUT2D eigenvalue weighted by Gasteiger charge is 2.22. The van der Waals surface area contributed by atoms with E-state index in [0.29, 0.717) is 17.8 Å². The Balaban J connectivity index is 2.16. The van der Waals surface area contributed by atoms with Crippen LogP contribution in [0.25, 0.3) is 23.2 Å². The van der Waals surface area contributed by atoms with Gasteiger partial charge >= 0.3 is 0 Å². The molecule has 0 amide bonds. The molecule has 2 nitrogen and oxygen atoms in total. The molecule has 0 aliphatic rings. The van der Waals surface area contributed by atoms with Crippen LogP contribution < -0.4 is 0 Å². The van der Waals surface area contributed by atoms with E-state index < -0.39 is 0 Å². The third-order valence-corrected chi connectivity index (χ3v) is 6.16. The molecule has 3 rings (SSSR count). The number of hydrogen-bond acceptors (Lipinski definition) is 1. The molecule has 2 heteroatoms. The second kappa shape index (κ2) is 8.18. The van der Waals surface area contributed by atoms with Crippen molar-refractivity contribution in [2.24, 2.45) is 11.8 Å². The van der Waals surface area contributed by atoms with Gasteiger partial charge in [-0.2, -0.15) is 0 Å². The van der Waals surface area contributed by atoms with Crippen molar-refractivity contribution in [1.29, 1.82) is 0 Å².